The standard InChI is InChI=1S/C15H25NO3.C4H4O4/c1-12(2)16-10-14(17)11-19-15-6-4-13(5-7-15)8-9-18-3;5-3(6)1-2-4(7)8/h4-7,12,14,16-17H,8-11H2,1-3H3;1-2H,(H,5,6)(H,7,8). The number of carboxylic acids is 2. The average molecular weight is 383 g/mol. The second-order valence-corrected chi connectivity index (χ2v) is 5.92. The van der Waals surface area contributed by atoms with Crippen LogP contribution in [0.15, 0.2) is 36.4 Å². The van der Waals surface area contributed by atoms with Gasteiger partial charge in [-0.25, -0.2) is 9.59 Å². The van der Waals surface area contributed by atoms with Gasteiger partial charge in [0.25, 0.3) is 0 Å². The smallest absolute Gasteiger partial charge is 0.328 e. The summed E-state index contributed by atoms with van der Waals surface area (Å²) >= 11 is 0. The van der Waals surface area contributed by atoms with E-state index in [9.17, 15) is 14.7 Å². The van der Waals surface area contributed by atoms with Gasteiger partial charge < -0.3 is 30.1 Å². The van der Waals surface area contributed by atoms with Gasteiger partial charge in [0.1, 0.15) is 18.5 Å². The van der Waals surface area contributed by atoms with Gasteiger partial charge in [-0.2, -0.15) is 0 Å². The van der Waals surface area contributed by atoms with E-state index in [1.54, 1.807) is 7.11 Å². The quantitative estimate of drug-likeness (QED) is 0.422. The van der Waals surface area contributed by atoms with Crippen LogP contribution in [-0.2, 0) is 20.7 Å². The zero-order valence-corrected chi connectivity index (χ0v) is 15.9. The molecule has 152 valence electrons. The molecule has 8 heteroatoms. The van der Waals surface area contributed by atoms with E-state index in [2.05, 4.69) is 5.32 Å². The Morgan fingerprint density at radius 2 is 1.67 bits per heavy atom. The lowest BCUT2D eigenvalue weighted by atomic mass is 10.1. The molecule has 1 atom stereocenters. The molecule has 0 heterocycles. The van der Waals surface area contributed by atoms with Crippen LogP contribution in [0.1, 0.15) is 19.4 Å². The number of ether oxygens (including phenoxy) is 2. The van der Waals surface area contributed by atoms with Crippen LogP contribution in [0.3, 0.4) is 0 Å². The molecule has 0 aromatic heterocycles. The molecule has 8 nitrogen and oxygen atoms in total. The molecule has 0 fully saturated rings. The monoisotopic (exact) mass is 383 g/mol. The van der Waals surface area contributed by atoms with Crippen LogP contribution in [0.2, 0.25) is 0 Å². The molecule has 0 spiro atoms. The van der Waals surface area contributed by atoms with Gasteiger partial charge >= 0.3 is 11.9 Å². The van der Waals surface area contributed by atoms with Crippen molar-refractivity contribution in [3.63, 3.8) is 0 Å². The number of benzene rings is 1. The molecular weight excluding hydrogens is 354 g/mol. The first-order valence-corrected chi connectivity index (χ1v) is 8.50. The highest BCUT2D eigenvalue weighted by atomic mass is 16.5. The van der Waals surface area contributed by atoms with Crippen molar-refractivity contribution in [3.8, 4) is 5.75 Å². The number of hydrogen-bond donors (Lipinski definition) is 4. The van der Waals surface area contributed by atoms with Crippen LogP contribution in [0.25, 0.3) is 0 Å². The van der Waals surface area contributed by atoms with Gasteiger partial charge in [0.05, 0.1) is 6.61 Å². The van der Waals surface area contributed by atoms with E-state index in [0.717, 1.165) is 18.8 Å². The highest BCUT2D eigenvalue weighted by Gasteiger charge is 2.06. The van der Waals surface area contributed by atoms with Gasteiger partial charge in [0.2, 0.25) is 0 Å². The van der Waals surface area contributed by atoms with Crippen LogP contribution in [0.4, 0.5) is 0 Å². The maximum absolute atomic E-state index is 9.73. The maximum Gasteiger partial charge on any atom is 0.328 e. The largest absolute Gasteiger partial charge is 0.491 e. The predicted molar refractivity (Wildman–Crippen MR) is 101 cm³/mol. The molecule has 1 unspecified atom stereocenters. The van der Waals surface area contributed by atoms with E-state index in [0.29, 0.717) is 31.3 Å². The summed E-state index contributed by atoms with van der Waals surface area (Å²) in [5.74, 6) is -1.73. The summed E-state index contributed by atoms with van der Waals surface area (Å²) in [6.45, 7) is 5.67. The predicted octanol–water partition coefficient (Wildman–Crippen LogP) is 1.32. The van der Waals surface area contributed by atoms with E-state index < -0.39 is 18.0 Å². The van der Waals surface area contributed by atoms with Crippen molar-refractivity contribution in [1.82, 2.24) is 5.32 Å². The van der Waals surface area contributed by atoms with Crippen LogP contribution in [0.5, 0.6) is 5.75 Å². The van der Waals surface area contributed by atoms with Crippen molar-refractivity contribution in [1.29, 1.82) is 0 Å². The summed E-state index contributed by atoms with van der Waals surface area (Å²) in [6, 6.07) is 8.26. The third-order valence-corrected chi connectivity index (χ3v) is 3.09. The Kier molecular flexibility index (Phi) is 13.4. The molecule has 0 aliphatic rings. The summed E-state index contributed by atoms with van der Waals surface area (Å²) in [4.78, 5) is 19.1. The Labute approximate surface area is 159 Å². The van der Waals surface area contributed by atoms with E-state index in [-0.39, 0.29) is 0 Å². The number of carboxylic acid groups (broad SMARTS) is 2. The number of hydrogen-bond acceptors (Lipinski definition) is 6. The lowest BCUT2D eigenvalue weighted by Gasteiger charge is -2.15. The Hall–Kier alpha value is -2.42. The molecule has 1 aromatic carbocycles. The fourth-order valence-electron chi connectivity index (χ4n) is 1.74. The second-order valence-electron chi connectivity index (χ2n) is 5.92. The lowest BCUT2D eigenvalue weighted by Crippen LogP contribution is -2.35. The molecule has 27 heavy (non-hydrogen) atoms. The number of aliphatic carboxylic acids is 2. The zero-order chi connectivity index (χ0) is 20.7. The Bertz CT molecular complexity index is 554. The summed E-state index contributed by atoms with van der Waals surface area (Å²) in [5.41, 5.74) is 1.22. The normalized spacial score (nSPS) is 11.7. The highest BCUT2D eigenvalue weighted by molar-refractivity contribution is 5.89. The third-order valence-electron chi connectivity index (χ3n) is 3.09. The first-order valence-electron chi connectivity index (χ1n) is 8.50. The van der Waals surface area contributed by atoms with Crippen molar-refractivity contribution < 1.29 is 34.4 Å². The minimum atomic E-state index is -1.26. The number of aliphatic hydroxyl groups is 1. The number of methoxy groups -OCH3 is 1. The molecule has 0 amide bonds. The molecule has 0 saturated heterocycles. The summed E-state index contributed by atoms with van der Waals surface area (Å²) in [7, 11) is 1.70. The second kappa shape index (κ2) is 14.7. The lowest BCUT2D eigenvalue weighted by molar-refractivity contribution is -0.134. The van der Waals surface area contributed by atoms with Crippen LogP contribution >= 0.6 is 0 Å². The molecule has 1 rings (SSSR count). The van der Waals surface area contributed by atoms with Crippen molar-refractivity contribution >= 4 is 11.9 Å². The van der Waals surface area contributed by atoms with Crippen molar-refractivity contribution in [2.24, 2.45) is 0 Å². The Balaban J connectivity index is 0.000000713. The number of aliphatic hydroxyl groups excluding tert-OH is 1. The van der Waals surface area contributed by atoms with Gasteiger partial charge in [-0.3, -0.25) is 0 Å². The van der Waals surface area contributed by atoms with E-state index in [1.807, 2.05) is 38.1 Å². The molecule has 0 aliphatic heterocycles. The van der Waals surface area contributed by atoms with Crippen molar-refractivity contribution in [2.75, 3.05) is 26.9 Å². The van der Waals surface area contributed by atoms with E-state index >= 15 is 0 Å². The number of rotatable bonds is 11. The Morgan fingerprint density at radius 1 is 1.11 bits per heavy atom. The topological polar surface area (TPSA) is 125 Å². The van der Waals surface area contributed by atoms with Crippen molar-refractivity contribution in [3.05, 3.63) is 42.0 Å². The minimum Gasteiger partial charge on any atom is -0.491 e. The molecule has 1 aromatic rings. The van der Waals surface area contributed by atoms with Gasteiger partial charge in [-0.1, -0.05) is 26.0 Å². The van der Waals surface area contributed by atoms with E-state index in [4.69, 9.17) is 19.7 Å². The molecule has 0 radical (unpaired) electrons. The molecule has 0 saturated carbocycles. The van der Waals surface area contributed by atoms with Crippen LogP contribution < -0.4 is 10.1 Å². The fraction of sp³-hybridized carbons (Fsp3) is 0.474. The van der Waals surface area contributed by atoms with Crippen molar-refractivity contribution in [2.45, 2.75) is 32.4 Å². The zero-order valence-electron chi connectivity index (χ0n) is 15.9. The summed E-state index contributed by atoms with van der Waals surface area (Å²) in [5, 5.41) is 28.5. The molecule has 0 bridgehead atoms. The third kappa shape index (κ3) is 15.5. The summed E-state index contributed by atoms with van der Waals surface area (Å²) in [6.07, 6.45) is 1.53. The first kappa shape index (κ1) is 24.6. The number of nitrogens with one attached hydrogen (secondary N) is 1. The molecular formula is C19H29NO7. The molecule has 4 N–H and O–H groups in total. The highest BCUT2D eigenvalue weighted by Crippen LogP contribution is 2.12. The van der Waals surface area contributed by atoms with Crippen LogP contribution in [-0.4, -0.2) is 66.3 Å². The fourth-order valence-corrected chi connectivity index (χ4v) is 1.74. The minimum absolute atomic E-state index is 0.303. The first-order chi connectivity index (χ1) is 12.7. The van der Waals surface area contributed by atoms with Crippen LogP contribution in [0, 0.1) is 0 Å². The SMILES string of the molecule is COCCc1ccc(OCC(O)CNC(C)C)cc1.O=C(O)C=CC(=O)O. The Morgan fingerprint density at radius 3 is 2.11 bits per heavy atom. The van der Waals surface area contributed by atoms with E-state index in [1.165, 1.54) is 5.56 Å². The summed E-state index contributed by atoms with van der Waals surface area (Å²) < 4.78 is 10.6. The van der Waals surface area contributed by atoms with Gasteiger partial charge in [0, 0.05) is 31.8 Å². The molecule has 0 aliphatic carbocycles. The van der Waals surface area contributed by atoms with Gasteiger partial charge in [-0.05, 0) is 24.1 Å². The maximum atomic E-state index is 9.73. The van der Waals surface area contributed by atoms with Gasteiger partial charge in [-0.15, -0.1) is 0 Å². The number of carbonyl (C=O) groups is 2. The average Bonchev–Trinajstić information content (AvgIpc) is 2.62. The van der Waals surface area contributed by atoms with Gasteiger partial charge in [0.15, 0.2) is 0 Å².